The van der Waals surface area contributed by atoms with Crippen LogP contribution in [0.5, 0.6) is 0 Å². The van der Waals surface area contributed by atoms with Gasteiger partial charge in [-0.3, -0.25) is 9.78 Å². The molecule has 6 nitrogen and oxygen atoms in total. The van der Waals surface area contributed by atoms with E-state index in [4.69, 9.17) is 4.74 Å². The van der Waals surface area contributed by atoms with E-state index in [9.17, 15) is 4.79 Å². The van der Waals surface area contributed by atoms with Crippen LogP contribution < -0.4 is 0 Å². The summed E-state index contributed by atoms with van der Waals surface area (Å²) in [6.07, 6.45) is 5.73. The number of amides is 1. The number of rotatable bonds is 2. The van der Waals surface area contributed by atoms with Gasteiger partial charge in [-0.1, -0.05) is 6.07 Å². The first-order valence-electron chi connectivity index (χ1n) is 7.38. The van der Waals surface area contributed by atoms with Gasteiger partial charge in [0.1, 0.15) is 5.69 Å². The lowest BCUT2D eigenvalue weighted by molar-refractivity contribution is 0.0562. The van der Waals surface area contributed by atoms with Crippen molar-refractivity contribution < 1.29 is 9.53 Å². The van der Waals surface area contributed by atoms with Crippen molar-refractivity contribution in [1.29, 1.82) is 0 Å². The van der Waals surface area contributed by atoms with E-state index in [1.807, 2.05) is 25.1 Å². The van der Waals surface area contributed by atoms with E-state index in [2.05, 4.69) is 15.0 Å². The molecule has 3 heterocycles. The van der Waals surface area contributed by atoms with E-state index in [0.717, 1.165) is 6.42 Å². The van der Waals surface area contributed by atoms with Gasteiger partial charge in [0.15, 0.2) is 5.82 Å². The fraction of sp³-hybridized carbons (Fsp3) is 0.375. The van der Waals surface area contributed by atoms with Crippen LogP contribution in [-0.4, -0.2) is 51.6 Å². The molecule has 6 heteroatoms. The Morgan fingerprint density at radius 3 is 2.82 bits per heavy atom. The average Bonchev–Trinajstić information content (AvgIpc) is 2.80. The summed E-state index contributed by atoms with van der Waals surface area (Å²) in [5, 5.41) is 0. The standard InChI is InChI=1S/C16H18N4O2/c1-12-11-20(7-4-8-22-12)16(21)13-9-18-15(19-10-13)14-5-2-3-6-17-14/h2-3,5-6,9-10,12H,4,7-8,11H2,1H3/t12-/m1/s1. The molecule has 114 valence electrons. The van der Waals surface area contributed by atoms with Gasteiger partial charge in [-0.25, -0.2) is 9.97 Å². The first-order valence-corrected chi connectivity index (χ1v) is 7.38. The summed E-state index contributed by atoms with van der Waals surface area (Å²) in [5.41, 5.74) is 1.19. The first-order chi connectivity index (χ1) is 10.7. The molecule has 1 atom stereocenters. The summed E-state index contributed by atoms with van der Waals surface area (Å²) in [4.78, 5) is 27.0. The predicted octanol–water partition coefficient (Wildman–Crippen LogP) is 1.79. The summed E-state index contributed by atoms with van der Waals surface area (Å²) in [7, 11) is 0. The third-order valence-electron chi connectivity index (χ3n) is 3.53. The average molecular weight is 298 g/mol. The number of ether oxygens (including phenoxy) is 1. The maximum atomic E-state index is 12.5. The van der Waals surface area contributed by atoms with Crippen LogP contribution in [0.3, 0.4) is 0 Å². The van der Waals surface area contributed by atoms with Gasteiger partial charge in [-0.2, -0.15) is 0 Å². The van der Waals surface area contributed by atoms with Crippen LogP contribution >= 0.6 is 0 Å². The van der Waals surface area contributed by atoms with Gasteiger partial charge in [0.05, 0.1) is 11.7 Å². The Morgan fingerprint density at radius 2 is 2.09 bits per heavy atom. The molecule has 1 fully saturated rings. The van der Waals surface area contributed by atoms with E-state index >= 15 is 0 Å². The first kappa shape index (κ1) is 14.6. The van der Waals surface area contributed by atoms with E-state index in [0.29, 0.717) is 36.8 Å². The van der Waals surface area contributed by atoms with Crippen molar-refractivity contribution in [3.05, 3.63) is 42.4 Å². The Bertz CT molecular complexity index is 630. The van der Waals surface area contributed by atoms with Gasteiger partial charge in [0, 0.05) is 38.3 Å². The molecule has 1 aliphatic heterocycles. The maximum absolute atomic E-state index is 12.5. The zero-order chi connectivity index (χ0) is 15.4. The monoisotopic (exact) mass is 298 g/mol. The van der Waals surface area contributed by atoms with Crippen LogP contribution in [-0.2, 0) is 4.74 Å². The van der Waals surface area contributed by atoms with Crippen molar-refractivity contribution in [2.75, 3.05) is 19.7 Å². The highest BCUT2D eigenvalue weighted by Gasteiger charge is 2.21. The van der Waals surface area contributed by atoms with Gasteiger partial charge in [0.2, 0.25) is 0 Å². The Balaban J connectivity index is 1.76. The molecule has 0 aliphatic carbocycles. The minimum atomic E-state index is -0.0510. The SMILES string of the molecule is C[C@@H]1CN(C(=O)c2cnc(-c3ccccn3)nc2)CCCO1. The van der Waals surface area contributed by atoms with Crippen molar-refractivity contribution in [3.8, 4) is 11.5 Å². The summed E-state index contributed by atoms with van der Waals surface area (Å²) >= 11 is 0. The van der Waals surface area contributed by atoms with Crippen molar-refractivity contribution in [1.82, 2.24) is 19.9 Å². The van der Waals surface area contributed by atoms with Gasteiger partial charge in [-0.05, 0) is 25.5 Å². The van der Waals surface area contributed by atoms with Crippen LogP contribution in [0.4, 0.5) is 0 Å². The highest BCUT2D eigenvalue weighted by molar-refractivity contribution is 5.93. The number of pyridine rings is 1. The molecular formula is C16H18N4O2. The molecule has 0 bridgehead atoms. The van der Waals surface area contributed by atoms with Crippen LogP contribution in [0, 0.1) is 0 Å². The lowest BCUT2D eigenvalue weighted by Gasteiger charge is -2.21. The number of hydrogen-bond acceptors (Lipinski definition) is 5. The lowest BCUT2D eigenvalue weighted by atomic mass is 10.2. The molecule has 1 amide bonds. The fourth-order valence-corrected chi connectivity index (χ4v) is 2.43. The van der Waals surface area contributed by atoms with Crippen molar-refractivity contribution in [2.45, 2.75) is 19.4 Å². The summed E-state index contributed by atoms with van der Waals surface area (Å²) in [5.74, 6) is 0.467. The van der Waals surface area contributed by atoms with E-state index in [1.165, 1.54) is 0 Å². The zero-order valence-electron chi connectivity index (χ0n) is 12.5. The Labute approximate surface area is 129 Å². The second kappa shape index (κ2) is 6.62. The molecule has 0 saturated carbocycles. The molecule has 0 spiro atoms. The van der Waals surface area contributed by atoms with Gasteiger partial charge < -0.3 is 9.64 Å². The largest absolute Gasteiger partial charge is 0.377 e. The molecule has 0 aromatic carbocycles. The third-order valence-corrected chi connectivity index (χ3v) is 3.53. The Morgan fingerprint density at radius 1 is 1.27 bits per heavy atom. The number of nitrogens with zero attached hydrogens (tertiary/aromatic N) is 4. The van der Waals surface area contributed by atoms with Crippen molar-refractivity contribution in [2.24, 2.45) is 0 Å². The van der Waals surface area contributed by atoms with Crippen LogP contribution in [0.1, 0.15) is 23.7 Å². The lowest BCUT2D eigenvalue weighted by Crippen LogP contribution is -2.36. The normalized spacial score (nSPS) is 18.8. The quantitative estimate of drug-likeness (QED) is 0.845. The van der Waals surface area contributed by atoms with Gasteiger partial charge in [-0.15, -0.1) is 0 Å². The molecule has 22 heavy (non-hydrogen) atoms. The zero-order valence-corrected chi connectivity index (χ0v) is 12.5. The van der Waals surface area contributed by atoms with Crippen molar-refractivity contribution >= 4 is 5.91 Å². The fourth-order valence-electron chi connectivity index (χ4n) is 2.43. The number of carbonyl (C=O) groups excluding carboxylic acids is 1. The van der Waals surface area contributed by atoms with Gasteiger partial charge in [0.25, 0.3) is 5.91 Å². The highest BCUT2D eigenvalue weighted by Crippen LogP contribution is 2.13. The Kier molecular flexibility index (Phi) is 4.39. The summed E-state index contributed by atoms with van der Waals surface area (Å²) in [6.45, 7) is 3.97. The minimum Gasteiger partial charge on any atom is -0.377 e. The molecule has 2 aromatic rings. The molecule has 1 saturated heterocycles. The van der Waals surface area contributed by atoms with E-state index in [-0.39, 0.29) is 12.0 Å². The number of carbonyl (C=O) groups is 1. The molecule has 0 radical (unpaired) electrons. The molecule has 0 N–H and O–H groups in total. The highest BCUT2D eigenvalue weighted by atomic mass is 16.5. The minimum absolute atomic E-state index is 0.0510. The van der Waals surface area contributed by atoms with Crippen LogP contribution in [0.15, 0.2) is 36.8 Å². The second-order valence-electron chi connectivity index (χ2n) is 5.30. The second-order valence-corrected chi connectivity index (χ2v) is 5.30. The summed E-state index contributed by atoms with van der Waals surface area (Å²) in [6, 6.07) is 5.55. The molecule has 1 aliphatic rings. The third kappa shape index (κ3) is 3.28. The number of aromatic nitrogens is 3. The maximum Gasteiger partial charge on any atom is 0.257 e. The van der Waals surface area contributed by atoms with Crippen LogP contribution in [0.25, 0.3) is 11.5 Å². The number of hydrogen-bond donors (Lipinski definition) is 0. The molecular weight excluding hydrogens is 280 g/mol. The topological polar surface area (TPSA) is 68.2 Å². The molecule has 0 unspecified atom stereocenters. The molecule has 2 aromatic heterocycles. The van der Waals surface area contributed by atoms with E-state index < -0.39 is 0 Å². The Hall–Kier alpha value is -2.34. The smallest absolute Gasteiger partial charge is 0.257 e. The van der Waals surface area contributed by atoms with Gasteiger partial charge >= 0.3 is 0 Å². The molecule has 3 rings (SSSR count). The summed E-state index contributed by atoms with van der Waals surface area (Å²) < 4.78 is 5.56. The van der Waals surface area contributed by atoms with Crippen LogP contribution in [0.2, 0.25) is 0 Å². The van der Waals surface area contributed by atoms with E-state index in [1.54, 1.807) is 23.5 Å². The van der Waals surface area contributed by atoms with Crippen molar-refractivity contribution in [3.63, 3.8) is 0 Å². The predicted molar refractivity (Wildman–Crippen MR) is 81.2 cm³/mol.